The van der Waals surface area contributed by atoms with E-state index >= 15 is 0 Å². The van der Waals surface area contributed by atoms with Crippen molar-refractivity contribution in [2.24, 2.45) is 0 Å². The number of aromatic nitrogens is 5. The van der Waals surface area contributed by atoms with Gasteiger partial charge in [0, 0.05) is 60.5 Å². The van der Waals surface area contributed by atoms with E-state index in [1.807, 2.05) is 43.3 Å². The topological polar surface area (TPSA) is 122 Å². The summed E-state index contributed by atoms with van der Waals surface area (Å²) in [4.78, 5) is 41.4. The maximum atomic E-state index is 13.7. The molecule has 11 nitrogen and oxygen atoms in total. The molecule has 0 aliphatic rings. The number of amides is 2. The smallest absolute Gasteiger partial charge is 0.378 e. The molecule has 48 heavy (non-hydrogen) atoms. The van der Waals surface area contributed by atoms with E-state index < -0.39 is 23.7 Å². The van der Waals surface area contributed by atoms with Gasteiger partial charge in [-0.2, -0.15) is 13.2 Å². The summed E-state index contributed by atoms with van der Waals surface area (Å²) in [5.74, 6) is -0.242. The maximum absolute atomic E-state index is 13.7. The second-order valence-corrected chi connectivity index (χ2v) is 11.3. The van der Waals surface area contributed by atoms with Gasteiger partial charge in [0.25, 0.3) is 5.91 Å². The predicted molar refractivity (Wildman–Crippen MR) is 178 cm³/mol. The normalized spacial score (nSPS) is 11.4. The van der Waals surface area contributed by atoms with Crippen molar-refractivity contribution in [3.63, 3.8) is 0 Å². The molecule has 0 radical (unpaired) electrons. The highest BCUT2D eigenvalue weighted by Gasteiger charge is 2.32. The first kappa shape index (κ1) is 31.8. The van der Waals surface area contributed by atoms with Crippen LogP contribution in [0.1, 0.15) is 27.2 Å². The summed E-state index contributed by atoms with van der Waals surface area (Å²) in [6.45, 7) is 3.48. The summed E-state index contributed by atoms with van der Waals surface area (Å²) in [7, 11) is 3.89. The molecule has 14 heteroatoms. The Morgan fingerprint density at radius 3 is 2.42 bits per heavy atom. The van der Waals surface area contributed by atoms with Gasteiger partial charge in [-0.3, -0.25) is 9.36 Å². The van der Waals surface area contributed by atoms with Crippen molar-refractivity contribution in [3.8, 4) is 5.69 Å². The molecule has 0 atom stereocenters. The SMILES string of the molecule is Cc1cn(-c2cc(C(=O)Nc3ccc(C)c(NC(=O)n4ccc5c(Nc6cccc(N(C)C)c6)ncnc54)c3)cc(C(F)(F)F)c2)cn1. The lowest BCUT2D eigenvalue weighted by Gasteiger charge is -2.15. The molecule has 0 bridgehead atoms. The van der Waals surface area contributed by atoms with Crippen molar-refractivity contribution in [1.82, 2.24) is 24.1 Å². The van der Waals surface area contributed by atoms with Crippen LogP contribution in [0.25, 0.3) is 16.7 Å². The third-order valence-electron chi connectivity index (χ3n) is 7.58. The van der Waals surface area contributed by atoms with Crippen LogP contribution in [-0.4, -0.2) is 50.1 Å². The average molecular weight is 654 g/mol. The fourth-order valence-corrected chi connectivity index (χ4v) is 5.04. The van der Waals surface area contributed by atoms with Crippen LogP contribution in [0.2, 0.25) is 0 Å². The Balaban J connectivity index is 1.22. The number of fused-ring (bicyclic) bond motifs is 1. The minimum atomic E-state index is -4.68. The summed E-state index contributed by atoms with van der Waals surface area (Å²) in [5, 5.41) is 9.39. The van der Waals surface area contributed by atoms with Crippen molar-refractivity contribution in [3.05, 3.63) is 114 Å². The number of nitrogens with one attached hydrogen (secondary N) is 3. The number of nitrogens with zero attached hydrogens (tertiary/aromatic N) is 6. The zero-order valence-electron chi connectivity index (χ0n) is 26.3. The average Bonchev–Trinajstić information content (AvgIpc) is 3.69. The Morgan fingerprint density at radius 2 is 1.69 bits per heavy atom. The van der Waals surface area contributed by atoms with Crippen molar-refractivity contribution in [2.45, 2.75) is 20.0 Å². The number of alkyl halides is 3. The summed E-state index contributed by atoms with van der Waals surface area (Å²) in [6.07, 6.45) is 1.20. The molecule has 3 aromatic heterocycles. The van der Waals surface area contributed by atoms with E-state index in [2.05, 4.69) is 30.9 Å². The van der Waals surface area contributed by atoms with Gasteiger partial charge in [-0.25, -0.2) is 19.7 Å². The van der Waals surface area contributed by atoms with Gasteiger partial charge in [-0.15, -0.1) is 0 Å². The molecule has 0 fully saturated rings. The van der Waals surface area contributed by atoms with Crippen molar-refractivity contribution >= 4 is 51.5 Å². The summed E-state index contributed by atoms with van der Waals surface area (Å²) >= 11 is 0. The van der Waals surface area contributed by atoms with E-state index in [9.17, 15) is 22.8 Å². The van der Waals surface area contributed by atoms with Gasteiger partial charge in [0.2, 0.25) is 0 Å². The van der Waals surface area contributed by atoms with Crippen LogP contribution in [0.4, 0.5) is 46.5 Å². The van der Waals surface area contributed by atoms with Gasteiger partial charge in [0.1, 0.15) is 12.1 Å². The lowest BCUT2D eigenvalue weighted by atomic mass is 10.1. The summed E-state index contributed by atoms with van der Waals surface area (Å²) in [6, 6.07) is 16.9. The predicted octanol–water partition coefficient (Wildman–Crippen LogP) is 7.39. The Morgan fingerprint density at radius 1 is 0.875 bits per heavy atom. The van der Waals surface area contributed by atoms with E-state index in [1.165, 1.54) is 33.9 Å². The Kier molecular flexibility index (Phi) is 8.31. The Hall–Kier alpha value is -6.18. The number of halogens is 3. The van der Waals surface area contributed by atoms with Crippen LogP contribution >= 0.6 is 0 Å². The molecule has 244 valence electrons. The molecule has 6 rings (SSSR count). The first-order valence-corrected chi connectivity index (χ1v) is 14.7. The van der Waals surface area contributed by atoms with Crippen molar-refractivity contribution in [1.29, 1.82) is 0 Å². The highest BCUT2D eigenvalue weighted by Crippen LogP contribution is 2.32. The number of rotatable bonds is 7. The summed E-state index contributed by atoms with van der Waals surface area (Å²) < 4.78 is 44.0. The Labute approximate surface area is 273 Å². The third kappa shape index (κ3) is 6.67. The van der Waals surface area contributed by atoms with Crippen LogP contribution in [-0.2, 0) is 6.18 Å². The van der Waals surface area contributed by atoms with Gasteiger partial charge >= 0.3 is 12.2 Å². The first-order valence-electron chi connectivity index (χ1n) is 14.7. The second-order valence-electron chi connectivity index (χ2n) is 11.3. The molecule has 6 aromatic rings. The van der Waals surface area contributed by atoms with E-state index in [4.69, 9.17) is 0 Å². The van der Waals surface area contributed by atoms with Crippen LogP contribution in [0.3, 0.4) is 0 Å². The number of hydrogen-bond donors (Lipinski definition) is 3. The van der Waals surface area contributed by atoms with Crippen LogP contribution in [0.5, 0.6) is 0 Å². The fraction of sp³-hybridized carbons (Fsp3) is 0.147. The van der Waals surface area contributed by atoms with Crippen LogP contribution in [0.15, 0.2) is 91.8 Å². The molecule has 0 unspecified atom stereocenters. The monoisotopic (exact) mass is 653 g/mol. The van der Waals surface area contributed by atoms with Crippen LogP contribution in [0, 0.1) is 13.8 Å². The third-order valence-corrected chi connectivity index (χ3v) is 7.58. The van der Waals surface area contributed by atoms with E-state index in [-0.39, 0.29) is 16.9 Å². The second kappa shape index (κ2) is 12.5. The number of anilines is 5. The van der Waals surface area contributed by atoms with Gasteiger partial charge in [-0.05, 0) is 74.0 Å². The molecule has 2 amide bonds. The van der Waals surface area contributed by atoms with Gasteiger partial charge in [0.15, 0.2) is 5.65 Å². The lowest BCUT2D eigenvalue weighted by Crippen LogP contribution is -2.20. The molecule has 0 saturated heterocycles. The molecule has 0 aliphatic heterocycles. The zero-order chi connectivity index (χ0) is 34.2. The number of carbonyl (C=O) groups is 2. The van der Waals surface area contributed by atoms with Crippen molar-refractivity contribution < 1.29 is 22.8 Å². The molecule has 0 saturated carbocycles. The van der Waals surface area contributed by atoms with E-state index in [1.54, 1.807) is 44.4 Å². The highest BCUT2D eigenvalue weighted by molar-refractivity contribution is 6.06. The van der Waals surface area contributed by atoms with Gasteiger partial charge in [-0.1, -0.05) is 12.1 Å². The Bertz CT molecular complexity index is 2170. The van der Waals surface area contributed by atoms with E-state index in [0.717, 1.165) is 23.5 Å². The first-order chi connectivity index (χ1) is 22.9. The number of imidazole rings is 1. The number of hydrogen-bond acceptors (Lipinski definition) is 7. The largest absolute Gasteiger partial charge is 0.416 e. The molecular weight excluding hydrogens is 623 g/mol. The quantitative estimate of drug-likeness (QED) is 0.164. The maximum Gasteiger partial charge on any atom is 0.416 e. The number of carbonyl (C=O) groups excluding carboxylic acids is 2. The molecule has 0 aliphatic carbocycles. The van der Waals surface area contributed by atoms with Crippen LogP contribution < -0.4 is 20.9 Å². The lowest BCUT2D eigenvalue weighted by molar-refractivity contribution is -0.137. The summed E-state index contributed by atoms with van der Waals surface area (Å²) in [5.41, 5.74) is 3.08. The fourth-order valence-electron chi connectivity index (χ4n) is 5.04. The minimum Gasteiger partial charge on any atom is -0.378 e. The molecule has 3 N–H and O–H groups in total. The van der Waals surface area contributed by atoms with Gasteiger partial charge < -0.3 is 25.4 Å². The van der Waals surface area contributed by atoms with Gasteiger partial charge in [0.05, 0.1) is 23.0 Å². The minimum absolute atomic E-state index is 0.135. The number of benzene rings is 3. The molecule has 3 heterocycles. The highest BCUT2D eigenvalue weighted by atomic mass is 19.4. The standard InChI is InChI=1S/C34H30F3N9O2/c1-20-8-9-25(42-32(47)22-12-23(34(35,36)37)14-27(13-22)45-17-21(2)40-19-45)16-29(20)43-33(48)46-11-10-28-30(38-18-39-31(28)46)41-24-6-5-7-26(15-24)44(3)4/h5-19H,1-4H3,(H,42,47)(H,43,48)(H,38,39,41). The molecule has 3 aromatic carbocycles. The number of aryl methyl sites for hydroxylation is 2. The van der Waals surface area contributed by atoms with E-state index in [0.29, 0.717) is 33.8 Å². The zero-order valence-corrected chi connectivity index (χ0v) is 26.3. The molecular formula is C34H30F3N9O2. The molecule has 0 spiro atoms. The van der Waals surface area contributed by atoms with Crippen molar-refractivity contribution in [2.75, 3.05) is 34.9 Å².